The Morgan fingerprint density at radius 2 is 1.33 bits per heavy atom. The molecule has 2 aromatic heterocycles. The summed E-state index contributed by atoms with van der Waals surface area (Å²) < 4.78 is 16.4. The molecule has 0 bridgehead atoms. The van der Waals surface area contributed by atoms with Gasteiger partial charge in [-0.3, -0.25) is 9.98 Å². The van der Waals surface area contributed by atoms with Crippen molar-refractivity contribution in [1.82, 2.24) is 0 Å². The van der Waals surface area contributed by atoms with Gasteiger partial charge in [-0.05, 0) is 128 Å². The van der Waals surface area contributed by atoms with E-state index in [2.05, 4.69) is 58.1 Å². The van der Waals surface area contributed by atoms with Crippen molar-refractivity contribution < 1.29 is 28.8 Å². The number of pyridine rings is 2. The summed E-state index contributed by atoms with van der Waals surface area (Å²) in [4.78, 5) is 8.61. The number of allylic oxidation sites excluding steroid dienone is 1. The van der Waals surface area contributed by atoms with Crippen molar-refractivity contribution in [3.05, 3.63) is 73.3 Å². The van der Waals surface area contributed by atoms with Crippen LogP contribution in [-0.4, -0.2) is 38.0 Å². The van der Waals surface area contributed by atoms with Crippen LogP contribution in [-0.2, 0) is 22.6 Å². The second-order valence-electron chi connectivity index (χ2n) is 19.3. The zero-order chi connectivity index (χ0) is 38.4. The van der Waals surface area contributed by atoms with Crippen LogP contribution in [0.3, 0.4) is 0 Å². The van der Waals surface area contributed by atoms with Crippen LogP contribution >= 0.6 is 0 Å². The molecule has 7 rings (SSSR count). The van der Waals surface area contributed by atoms with Crippen LogP contribution in [0.1, 0.15) is 106 Å². The molecule has 0 amide bonds. The molecule has 0 aliphatic heterocycles. The van der Waals surface area contributed by atoms with E-state index in [0.717, 1.165) is 38.5 Å². The van der Waals surface area contributed by atoms with E-state index >= 15 is 0 Å². The third kappa shape index (κ3) is 6.76. The van der Waals surface area contributed by atoms with Crippen LogP contribution < -0.4 is 19.3 Å². The highest BCUT2D eigenvalue weighted by Crippen LogP contribution is 2.77. The maximum absolute atomic E-state index is 13.0. The van der Waals surface area contributed by atoms with Gasteiger partial charge >= 0.3 is 0 Å². The zero-order valence-electron chi connectivity index (χ0n) is 34.0. The topological polar surface area (TPSA) is 97.1 Å². The molecule has 0 spiro atoms. The molecule has 8 nitrogen and oxygen atoms in total. The van der Waals surface area contributed by atoms with Crippen molar-refractivity contribution in [1.29, 1.82) is 0 Å². The summed E-state index contributed by atoms with van der Waals surface area (Å²) in [6.07, 6.45) is 18.3. The molecule has 5 aliphatic carbocycles. The van der Waals surface area contributed by atoms with Crippen LogP contribution in [0, 0.1) is 56.7 Å². The summed E-state index contributed by atoms with van der Waals surface area (Å²) >= 11 is 0. The number of hydrogen-bond acceptors (Lipinski definition) is 6. The van der Waals surface area contributed by atoms with Gasteiger partial charge in [-0.1, -0.05) is 58.9 Å². The number of ether oxygens (including phenoxy) is 2. The van der Waals surface area contributed by atoms with Crippen molar-refractivity contribution in [3.8, 4) is 0 Å². The van der Waals surface area contributed by atoms with Gasteiger partial charge in [0.1, 0.15) is 25.3 Å². The summed E-state index contributed by atoms with van der Waals surface area (Å²) in [5, 5.41) is 26.1. The third-order valence-corrected chi connectivity index (χ3v) is 16.7. The summed E-state index contributed by atoms with van der Waals surface area (Å²) in [6, 6.07) is 11.9. The zero-order valence-corrected chi connectivity index (χ0v) is 34.0. The molecule has 54 heavy (non-hydrogen) atoms. The minimum atomic E-state index is -0.419. The first-order valence-electron chi connectivity index (χ1n) is 21.0. The van der Waals surface area contributed by atoms with Crippen molar-refractivity contribution in [2.75, 3.05) is 19.7 Å². The molecular weight excluding hydrogens is 673 g/mol. The Morgan fingerprint density at radius 3 is 1.96 bits per heavy atom. The number of rotatable bonds is 10. The second kappa shape index (κ2) is 14.9. The fraction of sp³-hybridized carbons (Fsp3) is 0.696. The minimum Gasteiger partial charge on any atom is -0.600 e. The largest absolute Gasteiger partial charge is 0.600 e. The highest BCUT2D eigenvalue weighted by Gasteiger charge is 2.70. The fourth-order valence-electron chi connectivity index (χ4n) is 13.8. The molecule has 2 heterocycles. The SMILES string of the molecule is C=C(C)[C@@H]1CC[C@]2(COC([O-])=NCC[n+]3ccccc3)CC[C@]3(C)C(CCC4[C@@]5(C)CC[C@H](OC([O-])=NCC[n+]6ccccc6)C(C)(C)C5CC[C@]43C)C12. The fourth-order valence-corrected chi connectivity index (χ4v) is 13.8. The van der Waals surface area contributed by atoms with E-state index < -0.39 is 12.2 Å². The third-order valence-electron chi connectivity index (χ3n) is 16.7. The molecular formula is C46H66N4O4. The molecule has 0 aromatic carbocycles. The minimum absolute atomic E-state index is 0.00772. The summed E-state index contributed by atoms with van der Waals surface area (Å²) in [7, 11) is 0. The normalized spacial score (nSPS) is 38.7. The van der Waals surface area contributed by atoms with E-state index in [1.807, 2.05) is 70.3 Å². The second-order valence-corrected chi connectivity index (χ2v) is 19.3. The number of nitrogens with zero attached hydrogens (tertiary/aromatic N) is 4. The van der Waals surface area contributed by atoms with E-state index in [9.17, 15) is 10.2 Å². The van der Waals surface area contributed by atoms with Crippen molar-refractivity contribution in [3.63, 3.8) is 0 Å². The van der Waals surface area contributed by atoms with Gasteiger partial charge < -0.3 is 19.7 Å². The van der Waals surface area contributed by atoms with Gasteiger partial charge in [-0.25, -0.2) is 9.13 Å². The molecule has 8 heteroatoms. The van der Waals surface area contributed by atoms with Gasteiger partial charge in [0, 0.05) is 37.0 Å². The van der Waals surface area contributed by atoms with Gasteiger partial charge in [0.05, 0.1) is 0 Å². The Hall–Kier alpha value is -3.42. The van der Waals surface area contributed by atoms with Crippen molar-refractivity contribution >= 4 is 12.2 Å². The van der Waals surface area contributed by atoms with Gasteiger partial charge in [0.15, 0.2) is 37.9 Å². The van der Waals surface area contributed by atoms with Crippen LogP contribution in [0.4, 0.5) is 0 Å². The molecule has 294 valence electrons. The number of aromatic nitrogens is 2. The highest BCUT2D eigenvalue weighted by atomic mass is 16.6. The lowest BCUT2D eigenvalue weighted by atomic mass is 9.32. The quantitative estimate of drug-likeness (QED) is 0.121. The number of fused-ring (bicyclic) bond motifs is 7. The Morgan fingerprint density at radius 1 is 0.704 bits per heavy atom. The Kier molecular flexibility index (Phi) is 10.7. The summed E-state index contributed by atoms with van der Waals surface area (Å²) in [6.45, 7) is 22.1. The van der Waals surface area contributed by atoms with E-state index in [-0.39, 0.29) is 33.2 Å². The van der Waals surface area contributed by atoms with E-state index in [1.54, 1.807) is 0 Å². The first-order valence-corrected chi connectivity index (χ1v) is 21.0. The van der Waals surface area contributed by atoms with E-state index in [0.29, 0.717) is 62.4 Å². The predicted octanol–water partition coefficient (Wildman–Crippen LogP) is 6.45. The molecule has 2 aromatic rings. The lowest BCUT2D eigenvalue weighted by molar-refractivity contribution is -0.694. The van der Waals surface area contributed by atoms with Crippen molar-refractivity contribution in [2.45, 2.75) is 125 Å². The molecule has 0 N–H and O–H groups in total. The lowest BCUT2D eigenvalue weighted by Crippen LogP contribution is -2.67. The number of hydrogen-bond donors (Lipinski definition) is 0. The molecule has 5 aliphatic rings. The van der Waals surface area contributed by atoms with Crippen LogP contribution in [0.5, 0.6) is 0 Å². The Labute approximate surface area is 324 Å². The van der Waals surface area contributed by atoms with Crippen LogP contribution in [0.15, 0.2) is 83.3 Å². The van der Waals surface area contributed by atoms with Gasteiger partial charge in [-0.15, -0.1) is 0 Å². The molecule has 10 atom stereocenters. The van der Waals surface area contributed by atoms with E-state index in [1.165, 1.54) is 31.3 Å². The first-order chi connectivity index (χ1) is 25.7. The molecule has 5 fully saturated rings. The molecule has 0 radical (unpaired) electrons. The molecule has 0 saturated heterocycles. The average molecular weight is 739 g/mol. The molecule has 5 saturated carbocycles. The highest BCUT2D eigenvalue weighted by molar-refractivity contribution is 5.62. The monoisotopic (exact) mass is 739 g/mol. The van der Waals surface area contributed by atoms with Gasteiger partial charge in [0.2, 0.25) is 0 Å². The molecule has 4 unspecified atom stereocenters. The number of aliphatic imine (C=N–C) groups is 2. The maximum Gasteiger partial charge on any atom is 0.168 e. The first kappa shape index (κ1) is 38.8. The summed E-state index contributed by atoms with van der Waals surface area (Å²) in [5.41, 5.74) is 1.75. The van der Waals surface area contributed by atoms with Crippen molar-refractivity contribution in [2.24, 2.45) is 66.6 Å². The van der Waals surface area contributed by atoms with E-state index in [4.69, 9.17) is 9.47 Å². The Bertz CT molecular complexity index is 1700. The smallest absolute Gasteiger partial charge is 0.168 e. The average Bonchev–Trinajstić information content (AvgIpc) is 3.53. The summed E-state index contributed by atoms with van der Waals surface area (Å²) in [5.74, 6) is 2.61. The van der Waals surface area contributed by atoms with Gasteiger partial charge in [0.25, 0.3) is 0 Å². The van der Waals surface area contributed by atoms with Gasteiger partial charge in [-0.2, -0.15) is 0 Å². The maximum atomic E-state index is 13.0. The predicted molar refractivity (Wildman–Crippen MR) is 208 cm³/mol. The van der Waals surface area contributed by atoms with Crippen LogP contribution in [0.25, 0.3) is 0 Å². The lowest BCUT2D eigenvalue weighted by Gasteiger charge is -2.73. The Balaban J connectivity index is 1.06. The standard InChI is InChI=1S/C46H66N4O4/c1-33(2)34-16-21-46(32-53-40(51)47-24-30-49-26-10-8-11-27-49)23-22-44(6)35(39(34)46)14-15-37-43(5)19-18-38(42(3,4)36(43)17-20-45(37,44)7)54-41(52)48-25-31-50-28-12-9-13-29-50/h8-13,26-29,34-39H,1,14-25,30-32H2,2-7H3/t34-,35?,36?,37?,38-,39?,43-,44+,45+,46+/m0/s1. The van der Waals surface area contributed by atoms with Crippen LogP contribution in [0.2, 0.25) is 0 Å².